The Morgan fingerprint density at radius 3 is 2.73 bits per heavy atom. The van der Waals surface area contributed by atoms with Gasteiger partial charge in [0, 0.05) is 10.0 Å². The summed E-state index contributed by atoms with van der Waals surface area (Å²) in [5, 5.41) is 8.51. The van der Waals surface area contributed by atoms with Crippen molar-refractivity contribution in [2.75, 3.05) is 0 Å². The van der Waals surface area contributed by atoms with Gasteiger partial charge in [-0.15, -0.1) is 6.42 Å². The largest absolute Gasteiger partial charge is 0.192 e. The average Bonchev–Trinajstić information content (AvgIpc) is 2.05. The molecule has 0 aliphatic carbocycles. The van der Waals surface area contributed by atoms with E-state index in [-0.39, 0.29) is 0 Å². The Labute approximate surface area is 73.8 Å². The summed E-state index contributed by atoms with van der Waals surface area (Å²) in [6.07, 6.45) is 5.18. The van der Waals surface area contributed by atoms with Crippen LogP contribution >= 0.6 is 15.9 Å². The summed E-state index contributed by atoms with van der Waals surface area (Å²) in [5.41, 5.74) is 1.30. The van der Waals surface area contributed by atoms with E-state index in [1.165, 1.54) is 0 Å². The third-order valence-corrected chi connectivity index (χ3v) is 1.94. The number of halogens is 1. The Morgan fingerprint density at radius 1 is 1.45 bits per heavy atom. The zero-order chi connectivity index (χ0) is 8.27. The second-order valence-electron chi connectivity index (χ2n) is 1.95. The molecule has 11 heavy (non-hydrogen) atoms. The molecular weight excluding hydrogens is 202 g/mol. The zero-order valence-corrected chi connectivity index (χ0v) is 7.22. The minimum absolute atomic E-state index is 0.584. The van der Waals surface area contributed by atoms with Crippen LogP contribution in [0.1, 0.15) is 11.1 Å². The van der Waals surface area contributed by atoms with Crippen molar-refractivity contribution < 1.29 is 0 Å². The van der Waals surface area contributed by atoms with Crippen molar-refractivity contribution in [2.45, 2.75) is 0 Å². The second-order valence-corrected chi connectivity index (χ2v) is 2.81. The summed E-state index contributed by atoms with van der Waals surface area (Å²) in [6.45, 7) is 0. The van der Waals surface area contributed by atoms with Crippen LogP contribution in [0.3, 0.4) is 0 Å². The molecule has 0 saturated heterocycles. The molecule has 0 saturated carbocycles. The molecule has 0 amide bonds. The van der Waals surface area contributed by atoms with Crippen LogP contribution in [0.2, 0.25) is 0 Å². The third kappa shape index (κ3) is 1.61. The van der Waals surface area contributed by atoms with E-state index in [9.17, 15) is 0 Å². The number of nitrogens with zero attached hydrogens (tertiary/aromatic N) is 1. The van der Waals surface area contributed by atoms with E-state index in [2.05, 4.69) is 21.9 Å². The quantitative estimate of drug-likeness (QED) is 0.597. The maximum atomic E-state index is 8.51. The number of nitriles is 1. The fourth-order valence-electron chi connectivity index (χ4n) is 0.705. The summed E-state index contributed by atoms with van der Waals surface area (Å²) < 4.78 is 0.846. The number of hydrogen-bond acceptors (Lipinski definition) is 1. The van der Waals surface area contributed by atoms with E-state index < -0.39 is 0 Å². The molecule has 0 N–H and O–H groups in total. The predicted octanol–water partition coefficient (Wildman–Crippen LogP) is 2.30. The Hall–Kier alpha value is -1.25. The molecule has 0 bridgehead atoms. The van der Waals surface area contributed by atoms with Crippen molar-refractivity contribution in [2.24, 2.45) is 0 Å². The molecule has 0 aliphatic rings. The first-order chi connectivity index (χ1) is 5.27. The Bertz CT molecular complexity index is 355. The molecule has 2 heteroatoms. The lowest BCUT2D eigenvalue weighted by molar-refractivity contribution is 1.46. The highest BCUT2D eigenvalue weighted by Crippen LogP contribution is 2.16. The van der Waals surface area contributed by atoms with E-state index >= 15 is 0 Å². The molecule has 0 aromatic heterocycles. The zero-order valence-electron chi connectivity index (χ0n) is 5.63. The average molecular weight is 206 g/mol. The monoisotopic (exact) mass is 205 g/mol. The van der Waals surface area contributed by atoms with Crippen LogP contribution in [0.4, 0.5) is 0 Å². The van der Waals surface area contributed by atoms with Crippen LogP contribution in [-0.2, 0) is 0 Å². The van der Waals surface area contributed by atoms with Crippen molar-refractivity contribution in [3.05, 3.63) is 33.8 Å². The first kappa shape index (κ1) is 7.85. The molecule has 0 radical (unpaired) electrons. The minimum Gasteiger partial charge on any atom is -0.192 e. The van der Waals surface area contributed by atoms with Gasteiger partial charge < -0.3 is 0 Å². The summed E-state index contributed by atoms with van der Waals surface area (Å²) in [4.78, 5) is 0. The topological polar surface area (TPSA) is 23.8 Å². The molecule has 0 unspecified atom stereocenters. The maximum absolute atomic E-state index is 8.51. The van der Waals surface area contributed by atoms with Gasteiger partial charge in [-0.05, 0) is 34.1 Å². The van der Waals surface area contributed by atoms with Gasteiger partial charge in [0.2, 0.25) is 0 Å². The van der Waals surface area contributed by atoms with Crippen LogP contribution in [0, 0.1) is 23.7 Å². The van der Waals surface area contributed by atoms with Crippen LogP contribution < -0.4 is 0 Å². The van der Waals surface area contributed by atoms with Crippen molar-refractivity contribution in [3.8, 4) is 18.4 Å². The summed E-state index contributed by atoms with van der Waals surface area (Å²) in [5.74, 6) is 2.47. The second kappa shape index (κ2) is 3.23. The van der Waals surface area contributed by atoms with Crippen LogP contribution in [0.25, 0.3) is 0 Å². The molecule has 1 rings (SSSR count). The molecule has 0 fully saturated rings. The van der Waals surface area contributed by atoms with Crippen LogP contribution in [0.15, 0.2) is 22.7 Å². The molecule has 0 aliphatic heterocycles. The van der Waals surface area contributed by atoms with Crippen LogP contribution in [0.5, 0.6) is 0 Å². The normalized spacial score (nSPS) is 8.27. The van der Waals surface area contributed by atoms with Crippen molar-refractivity contribution in [3.63, 3.8) is 0 Å². The van der Waals surface area contributed by atoms with Gasteiger partial charge in [-0.25, -0.2) is 0 Å². The first-order valence-corrected chi connectivity index (χ1v) is 3.73. The lowest BCUT2D eigenvalue weighted by atomic mass is 10.1. The molecular formula is C9H4BrN. The van der Waals surface area contributed by atoms with Gasteiger partial charge in [0.05, 0.1) is 11.6 Å². The van der Waals surface area contributed by atoms with E-state index in [1.807, 2.05) is 6.07 Å². The van der Waals surface area contributed by atoms with Crippen molar-refractivity contribution in [1.82, 2.24) is 0 Å². The van der Waals surface area contributed by atoms with Gasteiger partial charge in [-0.3, -0.25) is 0 Å². The fraction of sp³-hybridized carbons (Fsp3) is 0. The predicted molar refractivity (Wildman–Crippen MR) is 46.8 cm³/mol. The molecule has 1 aromatic carbocycles. The third-order valence-electron chi connectivity index (χ3n) is 1.25. The highest BCUT2D eigenvalue weighted by Gasteiger charge is 1.96. The van der Waals surface area contributed by atoms with Crippen LogP contribution in [-0.4, -0.2) is 0 Å². The van der Waals surface area contributed by atoms with Crippen molar-refractivity contribution >= 4 is 15.9 Å². The number of rotatable bonds is 0. The van der Waals surface area contributed by atoms with Gasteiger partial charge in [0.1, 0.15) is 0 Å². The fourth-order valence-corrected chi connectivity index (χ4v) is 1.07. The summed E-state index contributed by atoms with van der Waals surface area (Å²) in [7, 11) is 0. The molecule has 1 nitrogen and oxygen atoms in total. The highest BCUT2D eigenvalue weighted by atomic mass is 79.9. The maximum Gasteiger partial charge on any atom is 0.0992 e. The van der Waals surface area contributed by atoms with E-state index in [1.54, 1.807) is 18.2 Å². The molecule has 0 spiro atoms. The molecule has 1 aromatic rings. The number of terminal acetylenes is 1. The van der Waals surface area contributed by atoms with Gasteiger partial charge >= 0.3 is 0 Å². The smallest absolute Gasteiger partial charge is 0.0992 e. The lowest BCUT2D eigenvalue weighted by Crippen LogP contribution is -1.79. The Morgan fingerprint density at radius 2 is 2.18 bits per heavy atom. The number of hydrogen-bond donors (Lipinski definition) is 0. The van der Waals surface area contributed by atoms with Crippen molar-refractivity contribution in [1.29, 1.82) is 5.26 Å². The SMILES string of the molecule is C#Cc1cc(C#N)ccc1Br. The Balaban J connectivity index is 3.29. The first-order valence-electron chi connectivity index (χ1n) is 2.94. The van der Waals surface area contributed by atoms with Gasteiger partial charge in [-0.1, -0.05) is 5.92 Å². The van der Waals surface area contributed by atoms with E-state index in [0.29, 0.717) is 11.1 Å². The van der Waals surface area contributed by atoms with Gasteiger partial charge in [0.15, 0.2) is 0 Å². The minimum atomic E-state index is 0.584. The molecule has 52 valence electrons. The van der Waals surface area contributed by atoms with Gasteiger partial charge in [0.25, 0.3) is 0 Å². The summed E-state index contributed by atoms with van der Waals surface area (Å²) >= 11 is 3.27. The molecule has 0 heterocycles. The molecule has 0 atom stereocenters. The standard InChI is InChI=1S/C9H4BrN/c1-2-8-5-7(6-11)3-4-9(8)10/h1,3-5H. The highest BCUT2D eigenvalue weighted by molar-refractivity contribution is 9.10. The number of benzene rings is 1. The summed E-state index contributed by atoms with van der Waals surface area (Å²) in [6, 6.07) is 7.17. The van der Waals surface area contributed by atoms with E-state index in [4.69, 9.17) is 11.7 Å². The lowest BCUT2D eigenvalue weighted by Gasteiger charge is -1.94. The van der Waals surface area contributed by atoms with Gasteiger partial charge in [-0.2, -0.15) is 5.26 Å². The Kier molecular flexibility index (Phi) is 2.31. The van der Waals surface area contributed by atoms with E-state index in [0.717, 1.165) is 4.47 Å².